The summed E-state index contributed by atoms with van der Waals surface area (Å²) in [6.07, 6.45) is -0.292. The Morgan fingerprint density at radius 2 is 1.58 bits per heavy atom. The highest BCUT2D eigenvalue weighted by Crippen LogP contribution is 2.43. The number of esters is 1. The van der Waals surface area contributed by atoms with Gasteiger partial charge in [-0.3, -0.25) is 14.5 Å². The second-order valence-electron chi connectivity index (χ2n) is 8.46. The van der Waals surface area contributed by atoms with Crippen LogP contribution >= 0.6 is 0 Å². The molecule has 1 aliphatic rings. The molecule has 8 heteroatoms. The highest BCUT2D eigenvalue weighted by Gasteiger charge is 2.47. The van der Waals surface area contributed by atoms with Crippen LogP contribution in [-0.4, -0.2) is 41.1 Å². The van der Waals surface area contributed by atoms with Gasteiger partial charge in [-0.1, -0.05) is 24.3 Å². The molecule has 1 fully saturated rings. The third kappa shape index (κ3) is 4.53. The number of phenolic OH excluding ortho intramolecular Hbond substituents is 1. The van der Waals surface area contributed by atoms with Crippen LogP contribution < -0.4 is 9.64 Å². The lowest BCUT2D eigenvalue weighted by atomic mass is 9.94. The average molecular weight is 488 g/mol. The summed E-state index contributed by atoms with van der Waals surface area (Å²) in [5.41, 5.74) is 1.26. The van der Waals surface area contributed by atoms with Crippen molar-refractivity contribution in [2.45, 2.75) is 26.0 Å². The number of ether oxygens (including phenoxy) is 2. The zero-order valence-electron chi connectivity index (χ0n) is 20.0. The van der Waals surface area contributed by atoms with Crippen molar-refractivity contribution in [1.82, 2.24) is 0 Å². The van der Waals surface area contributed by atoms with Gasteiger partial charge in [0.15, 0.2) is 0 Å². The van der Waals surface area contributed by atoms with Crippen LogP contribution in [0.25, 0.3) is 5.76 Å². The molecule has 3 aromatic rings. The molecule has 1 aliphatic heterocycles. The Hall–Kier alpha value is -4.59. The molecule has 1 atom stereocenters. The molecule has 1 heterocycles. The molecule has 0 saturated carbocycles. The fourth-order valence-corrected chi connectivity index (χ4v) is 4.10. The van der Waals surface area contributed by atoms with E-state index in [0.717, 1.165) is 0 Å². The monoisotopic (exact) mass is 487 g/mol. The number of para-hydroxylation sites is 1. The van der Waals surface area contributed by atoms with Gasteiger partial charge in [-0.15, -0.1) is 0 Å². The van der Waals surface area contributed by atoms with Gasteiger partial charge in [0.1, 0.15) is 17.3 Å². The van der Waals surface area contributed by atoms with E-state index in [4.69, 9.17) is 9.47 Å². The molecule has 0 aromatic heterocycles. The predicted molar refractivity (Wildman–Crippen MR) is 133 cm³/mol. The van der Waals surface area contributed by atoms with Gasteiger partial charge in [0.05, 0.1) is 36.0 Å². The lowest BCUT2D eigenvalue weighted by Crippen LogP contribution is -2.29. The topological polar surface area (TPSA) is 113 Å². The highest BCUT2D eigenvalue weighted by atomic mass is 16.5. The van der Waals surface area contributed by atoms with Gasteiger partial charge in [0, 0.05) is 5.69 Å². The summed E-state index contributed by atoms with van der Waals surface area (Å²) in [5, 5.41) is 21.0. The Morgan fingerprint density at radius 1 is 0.944 bits per heavy atom. The molecule has 184 valence electrons. The first kappa shape index (κ1) is 24.5. The lowest BCUT2D eigenvalue weighted by molar-refractivity contribution is -0.132. The molecule has 36 heavy (non-hydrogen) atoms. The summed E-state index contributed by atoms with van der Waals surface area (Å²) in [6, 6.07) is 17.7. The van der Waals surface area contributed by atoms with Gasteiger partial charge in [-0.05, 0) is 67.9 Å². The average Bonchev–Trinajstić information content (AvgIpc) is 3.14. The fourth-order valence-electron chi connectivity index (χ4n) is 4.10. The van der Waals surface area contributed by atoms with Crippen molar-refractivity contribution in [3.8, 4) is 11.5 Å². The molecule has 2 N–H and O–H groups in total. The number of aliphatic hydroxyl groups excluding tert-OH is 1. The first-order valence-electron chi connectivity index (χ1n) is 11.3. The number of benzene rings is 3. The van der Waals surface area contributed by atoms with Crippen LogP contribution in [0.4, 0.5) is 5.69 Å². The zero-order chi connectivity index (χ0) is 26.0. The maximum absolute atomic E-state index is 13.3. The van der Waals surface area contributed by atoms with E-state index in [9.17, 15) is 24.6 Å². The number of rotatable bonds is 6. The van der Waals surface area contributed by atoms with Crippen molar-refractivity contribution in [3.05, 3.63) is 95.1 Å². The maximum atomic E-state index is 13.3. The van der Waals surface area contributed by atoms with E-state index in [-0.39, 0.29) is 28.7 Å². The van der Waals surface area contributed by atoms with Crippen molar-refractivity contribution in [2.24, 2.45) is 0 Å². The van der Waals surface area contributed by atoms with E-state index in [1.54, 1.807) is 62.4 Å². The minimum atomic E-state index is -0.996. The molecule has 4 rings (SSSR count). The third-order valence-corrected chi connectivity index (χ3v) is 5.74. The molecule has 1 amide bonds. The smallest absolute Gasteiger partial charge is 0.338 e. The number of anilines is 1. The van der Waals surface area contributed by atoms with E-state index < -0.39 is 23.7 Å². The normalized spacial score (nSPS) is 16.9. The third-order valence-electron chi connectivity index (χ3n) is 5.74. The Bertz CT molecular complexity index is 1340. The van der Waals surface area contributed by atoms with E-state index in [1.165, 1.54) is 36.3 Å². The minimum absolute atomic E-state index is 0.00782. The number of nitrogens with zero attached hydrogens (tertiary/aromatic N) is 1. The van der Waals surface area contributed by atoms with Gasteiger partial charge >= 0.3 is 5.97 Å². The van der Waals surface area contributed by atoms with Crippen LogP contribution in [0.15, 0.2) is 78.4 Å². The van der Waals surface area contributed by atoms with Crippen LogP contribution in [-0.2, 0) is 14.3 Å². The van der Waals surface area contributed by atoms with Gasteiger partial charge in [-0.2, -0.15) is 0 Å². The van der Waals surface area contributed by atoms with Crippen molar-refractivity contribution in [2.75, 3.05) is 12.0 Å². The van der Waals surface area contributed by atoms with Gasteiger partial charge in [0.2, 0.25) is 0 Å². The number of hydrogen-bond acceptors (Lipinski definition) is 7. The molecular weight excluding hydrogens is 462 g/mol. The molecule has 0 bridgehead atoms. The van der Waals surface area contributed by atoms with E-state index >= 15 is 0 Å². The SMILES string of the molecule is COc1ccccc1/C(O)=C1\C(=O)C(=O)N(c2ccc(C(=O)OC(C)C)cc2)C1c1ccc(O)cc1. The summed E-state index contributed by atoms with van der Waals surface area (Å²) in [5.74, 6) is -2.28. The van der Waals surface area contributed by atoms with Crippen molar-refractivity contribution >= 4 is 29.1 Å². The maximum Gasteiger partial charge on any atom is 0.338 e. The van der Waals surface area contributed by atoms with E-state index in [2.05, 4.69) is 0 Å². The zero-order valence-corrected chi connectivity index (χ0v) is 20.0. The first-order valence-corrected chi connectivity index (χ1v) is 11.3. The number of methoxy groups -OCH3 is 1. The molecule has 0 aliphatic carbocycles. The molecule has 1 unspecified atom stereocenters. The van der Waals surface area contributed by atoms with Crippen LogP contribution in [0.1, 0.15) is 41.4 Å². The summed E-state index contributed by atoms with van der Waals surface area (Å²) in [7, 11) is 1.44. The summed E-state index contributed by atoms with van der Waals surface area (Å²) >= 11 is 0. The van der Waals surface area contributed by atoms with Crippen molar-refractivity contribution < 1.29 is 34.1 Å². The molecule has 0 radical (unpaired) electrons. The standard InChI is InChI=1S/C28H25NO7/c1-16(2)36-28(34)18-8-12-19(13-9-18)29-24(17-10-14-20(30)15-11-17)23(26(32)27(29)33)25(31)21-6-4-5-7-22(21)35-3/h4-16,24,30-31H,1-3H3/b25-23+. The molecular formula is C28H25NO7. The second kappa shape index (κ2) is 9.95. The summed E-state index contributed by atoms with van der Waals surface area (Å²) < 4.78 is 10.5. The quantitative estimate of drug-likeness (QED) is 0.226. The first-order chi connectivity index (χ1) is 17.2. The van der Waals surface area contributed by atoms with Crippen LogP contribution in [0.2, 0.25) is 0 Å². The minimum Gasteiger partial charge on any atom is -0.508 e. The molecule has 0 spiro atoms. The van der Waals surface area contributed by atoms with E-state index in [1.807, 2.05) is 0 Å². The van der Waals surface area contributed by atoms with Gasteiger partial charge in [-0.25, -0.2) is 4.79 Å². The van der Waals surface area contributed by atoms with Gasteiger partial charge in [0.25, 0.3) is 11.7 Å². The Labute approximate surface area is 208 Å². The number of amides is 1. The number of ketones is 1. The largest absolute Gasteiger partial charge is 0.508 e. The van der Waals surface area contributed by atoms with Crippen LogP contribution in [0.5, 0.6) is 11.5 Å². The number of Topliss-reactive ketones (excluding diaryl/α,β-unsaturated/α-hetero) is 1. The Balaban J connectivity index is 1.86. The van der Waals surface area contributed by atoms with E-state index in [0.29, 0.717) is 22.6 Å². The number of aliphatic hydroxyl groups is 1. The summed E-state index contributed by atoms with van der Waals surface area (Å²) in [4.78, 5) is 40.1. The van der Waals surface area contributed by atoms with Crippen LogP contribution in [0.3, 0.4) is 0 Å². The number of hydrogen-bond donors (Lipinski definition) is 2. The van der Waals surface area contributed by atoms with Crippen LogP contribution in [0, 0.1) is 0 Å². The van der Waals surface area contributed by atoms with Gasteiger partial charge < -0.3 is 19.7 Å². The molecule has 8 nitrogen and oxygen atoms in total. The van der Waals surface area contributed by atoms with Crippen molar-refractivity contribution in [3.63, 3.8) is 0 Å². The number of phenols is 1. The lowest BCUT2D eigenvalue weighted by Gasteiger charge is -2.25. The number of carbonyl (C=O) groups is 3. The Kier molecular flexibility index (Phi) is 6.78. The summed E-state index contributed by atoms with van der Waals surface area (Å²) in [6.45, 7) is 3.48. The van der Waals surface area contributed by atoms with Crippen molar-refractivity contribution in [1.29, 1.82) is 0 Å². The fraction of sp³-hybridized carbons (Fsp3) is 0.179. The second-order valence-corrected chi connectivity index (χ2v) is 8.46. The molecule has 3 aromatic carbocycles. The predicted octanol–water partition coefficient (Wildman–Crippen LogP) is 4.59. The Morgan fingerprint density at radius 3 is 2.19 bits per heavy atom. The number of carbonyl (C=O) groups excluding carboxylic acids is 3. The number of aromatic hydroxyl groups is 1. The molecule has 1 saturated heterocycles. The highest BCUT2D eigenvalue weighted by molar-refractivity contribution is 6.51.